The van der Waals surface area contributed by atoms with E-state index in [1.165, 1.54) is 28.8 Å². The van der Waals surface area contributed by atoms with Crippen LogP contribution in [-0.2, 0) is 9.59 Å². The molecule has 0 bridgehead atoms. The predicted octanol–water partition coefficient (Wildman–Crippen LogP) is 4.59. The first-order valence-corrected chi connectivity index (χ1v) is 11.1. The summed E-state index contributed by atoms with van der Waals surface area (Å²) in [4.78, 5) is 36.9. The molecule has 4 rings (SSSR count). The molecule has 2 atom stereocenters. The van der Waals surface area contributed by atoms with Gasteiger partial charge in [0.05, 0.1) is 16.6 Å². The van der Waals surface area contributed by atoms with E-state index in [9.17, 15) is 14.0 Å². The lowest BCUT2D eigenvalue weighted by atomic mass is 10.1. The van der Waals surface area contributed by atoms with Crippen molar-refractivity contribution in [3.8, 4) is 0 Å². The number of amidine groups is 2. The molecule has 31 heavy (non-hydrogen) atoms. The largest absolute Gasteiger partial charge is 0.323 e. The lowest BCUT2D eigenvalue weighted by molar-refractivity contribution is -0.125. The van der Waals surface area contributed by atoms with Crippen LogP contribution in [0.5, 0.6) is 0 Å². The van der Waals surface area contributed by atoms with Crippen molar-refractivity contribution in [2.75, 3.05) is 5.32 Å². The molecular weight excluding hydrogens is 415 g/mol. The van der Waals surface area contributed by atoms with Crippen molar-refractivity contribution in [3.05, 3.63) is 59.9 Å². The highest BCUT2D eigenvalue weighted by atomic mass is 32.2. The number of nitrogens with zero attached hydrogens (tertiary/aromatic N) is 3. The van der Waals surface area contributed by atoms with Crippen LogP contribution >= 0.6 is 11.8 Å². The Hall–Kier alpha value is -3.00. The molecule has 2 amide bonds. The van der Waals surface area contributed by atoms with Crippen LogP contribution in [0.4, 0.5) is 15.8 Å². The minimum atomic E-state index is -0.559. The van der Waals surface area contributed by atoms with E-state index in [-0.39, 0.29) is 23.4 Å². The van der Waals surface area contributed by atoms with Crippen LogP contribution in [0, 0.1) is 11.7 Å². The van der Waals surface area contributed by atoms with Crippen LogP contribution in [0.3, 0.4) is 0 Å². The summed E-state index contributed by atoms with van der Waals surface area (Å²) in [5, 5.41) is 2.50. The molecule has 0 spiro atoms. The van der Waals surface area contributed by atoms with Gasteiger partial charge in [-0.2, -0.15) is 0 Å². The number of benzene rings is 2. The van der Waals surface area contributed by atoms with Gasteiger partial charge in [-0.3, -0.25) is 14.6 Å². The summed E-state index contributed by atoms with van der Waals surface area (Å²) < 4.78 is 14.0. The zero-order valence-corrected chi connectivity index (χ0v) is 18.3. The fourth-order valence-electron chi connectivity index (χ4n) is 3.51. The normalized spacial score (nSPS) is 18.3. The quantitative estimate of drug-likeness (QED) is 0.742. The SMILES string of the molecule is CC[C@H](SC1=Nc2ccccc2C2=N[C@@H](C(C)C)C(=O)N12)C(=O)Nc1ccccc1F. The Morgan fingerprint density at radius 2 is 1.90 bits per heavy atom. The van der Waals surface area contributed by atoms with Gasteiger partial charge in [0.25, 0.3) is 5.91 Å². The van der Waals surface area contributed by atoms with E-state index in [0.29, 0.717) is 23.1 Å². The first-order valence-electron chi connectivity index (χ1n) is 10.2. The Morgan fingerprint density at radius 1 is 1.19 bits per heavy atom. The van der Waals surface area contributed by atoms with Gasteiger partial charge in [-0.05, 0) is 36.6 Å². The molecular formula is C23H23FN4O2S. The number of para-hydroxylation sites is 2. The van der Waals surface area contributed by atoms with Crippen molar-refractivity contribution in [1.82, 2.24) is 4.90 Å². The second-order valence-corrected chi connectivity index (χ2v) is 8.88. The summed E-state index contributed by atoms with van der Waals surface area (Å²) in [6.07, 6.45) is 0.480. The molecule has 6 nitrogen and oxygen atoms in total. The number of hydrogen-bond donors (Lipinski definition) is 1. The third-order valence-corrected chi connectivity index (χ3v) is 6.49. The van der Waals surface area contributed by atoms with Crippen LogP contribution in [0.1, 0.15) is 32.8 Å². The summed E-state index contributed by atoms with van der Waals surface area (Å²) in [6, 6.07) is 13.1. The molecule has 0 radical (unpaired) electrons. The highest BCUT2D eigenvalue weighted by Gasteiger charge is 2.43. The summed E-state index contributed by atoms with van der Waals surface area (Å²) in [5.74, 6) is -0.375. The number of nitrogens with one attached hydrogen (secondary N) is 1. The number of fused-ring (bicyclic) bond motifs is 3. The topological polar surface area (TPSA) is 74.1 Å². The summed E-state index contributed by atoms with van der Waals surface area (Å²) in [5.41, 5.74) is 1.63. The molecule has 0 aliphatic carbocycles. The van der Waals surface area contributed by atoms with E-state index in [1.54, 1.807) is 12.1 Å². The van der Waals surface area contributed by atoms with E-state index in [0.717, 1.165) is 5.56 Å². The van der Waals surface area contributed by atoms with Gasteiger partial charge in [-0.15, -0.1) is 0 Å². The number of rotatable bonds is 5. The second kappa shape index (κ2) is 8.63. The zero-order valence-electron chi connectivity index (χ0n) is 17.5. The van der Waals surface area contributed by atoms with E-state index in [4.69, 9.17) is 0 Å². The third-order valence-electron chi connectivity index (χ3n) is 5.17. The molecule has 0 saturated carbocycles. The summed E-state index contributed by atoms with van der Waals surface area (Å²) in [6.45, 7) is 5.78. The molecule has 1 N–H and O–H groups in total. The van der Waals surface area contributed by atoms with Crippen molar-refractivity contribution in [1.29, 1.82) is 0 Å². The number of carbonyl (C=O) groups is 2. The van der Waals surface area contributed by atoms with Gasteiger partial charge >= 0.3 is 0 Å². The minimum Gasteiger partial charge on any atom is -0.323 e. The highest BCUT2D eigenvalue weighted by Crippen LogP contribution is 2.36. The van der Waals surface area contributed by atoms with E-state index in [1.807, 2.05) is 45.0 Å². The Bertz CT molecular complexity index is 1100. The van der Waals surface area contributed by atoms with Crippen LogP contribution in [-0.4, -0.2) is 39.0 Å². The minimum absolute atomic E-state index is 0.0374. The summed E-state index contributed by atoms with van der Waals surface area (Å²) >= 11 is 1.20. The zero-order chi connectivity index (χ0) is 22.1. The number of thioether (sulfide) groups is 1. The predicted molar refractivity (Wildman–Crippen MR) is 122 cm³/mol. The number of amides is 2. The molecule has 2 heterocycles. The van der Waals surface area contributed by atoms with Crippen LogP contribution in [0.2, 0.25) is 0 Å². The lowest BCUT2D eigenvalue weighted by Crippen LogP contribution is -2.43. The number of aliphatic imine (C=N–C) groups is 2. The number of carbonyl (C=O) groups excluding carboxylic acids is 2. The molecule has 0 unspecified atom stereocenters. The lowest BCUT2D eigenvalue weighted by Gasteiger charge is -2.27. The Morgan fingerprint density at radius 3 is 2.61 bits per heavy atom. The molecule has 0 fully saturated rings. The van der Waals surface area contributed by atoms with Crippen molar-refractivity contribution >= 4 is 46.0 Å². The Labute approximate surface area is 184 Å². The van der Waals surface area contributed by atoms with E-state index < -0.39 is 17.1 Å². The molecule has 2 aromatic carbocycles. The fraction of sp³-hybridized carbons (Fsp3) is 0.304. The molecule has 160 valence electrons. The average Bonchev–Trinajstić information content (AvgIpc) is 3.11. The summed E-state index contributed by atoms with van der Waals surface area (Å²) in [7, 11) is 0. The Balaban J connectivity index is 1.64. The Kier molecular flexibility index (Phi) is 5.91. The van der Waals surface area contributed by atoms with Crippen LogP contribution < -0.4 is 5.32 Å². The highest BCUT2D eigenvalue weighted by molar-refractivity contribution is 8.15. The van der Waals surface area contributed by atoms with Crippen molar-refractivity contribution in [2.45, 2.75) is 38.5 Å². The first-order chi connectivity index (χ1) is 14.9. The second-order valence-electron chi connectivity index (χ2n) is 7.71. The van der Waals surface area contributed by atoms with Gasteiger partial charge < -0.3 is 5.32 Å². The first kappa shape index (κ1) is 21.2. The van der Waals surface area contributed by atoms with Crippen molar-refractivity contribution in [3.63, 3.8) is 0 Å². The molecule has 2 aromatic rings. The molecule has 8 heteroatoms. The average molecular weight is 439 g/mol. The maximum atomic E-state index is 14.0. The van der Waals surface area contributed by atoms with Gasteiger partial charge in [0.15, 0.2) is 5.17 Å². The van der Waals surface area contributed by atoms with E-state index >= 15 is 0 Å². The maximum absolute atomic E-state index is 14.0. The number of halogens is 1. The van der Waals surface area contributed by atoms with Crippen molar-refractivity contribution in [2.24, 2.45) is 15.9 Å². The van der Waals surface area contributed by atoms with Gasteiger partial charge in [-0.1, -0.05) is 56.8 Å². The number of anilines is 1. The van der Waals surface area contributed by atoms with Crippen molar-refractivity contribution < 1.29 is 14.0 Å². The standard InChI is InChI=1S/C23H23FN4O2S/c1-4-18(21(29)25-17-12-8-6-10-15(17)24)31-23-26-16-11-7-5-9-14(16)20-27-19(13(2)3)22(30)28(20)23/h5-13,18-19H,4H2,1-3H3,(H,25,29)/t18-,19-/m0/s1. The molecule has 2 aliphatic rings. The van der Waals surface area contributed by atoms with E-state index in [2.05, 4.69) is 15.3 Å². The van der Waals surface area contributed by atoms with Gasteiger partial charge in [0, 0.05) is 5.56 Å². The van der Waals surface area contributed by atoms with Crippen LogP contribution in [0.15, 0.2) is 58.5 Å². The molecule has 2 aliphatic heterocycles. The third kappa shape index (κ3) is 3.99. The maximum Gasteiger partial charge on any atom is 0.259 e. The van der Waals surface area contributed by atoms with Crippen LogP contribution in [0.25, 0.3) is 0 Å². The van der Waals surface area contributed by atoms with Gasteiger partial charge in [0.2, 0.25) is 5.91 Å². The smallest absolute Gasteiger partial charge is 0.259 e. The fourth-order valence-corrected chi connectivity index (χ4v) is 4.53. The molecule has 0 aromatic heterocycles. The number of hydrogen-bond acceptors (Lipinski definition) is 5. The van der Waals surface area contributed by atoms with Gasteiger partial charge in [-0.25, -0.2) is 14.3 Å². The monoisotopic (exact) mass is 438 g/mol. The molecule has 0 saturated heterocycles. The van der Waals surface area contributed by atoms with Gasteiger partial charge in [0.1, 0.15) is 17.7 Å².